The number of carbonyl (C=O) groups excluding carboxylic acids is 3. The molecule has 0 aliphatic rings. The second kappa shape index (κ2) is 14.5. The van der Waals surface area contributed by atoms with Crippen molar-refractivity contribution in [2.45, 2.75) is 44.3 Å². The summed E-state index contributed by atoms with van der Waals surface area (Å²) in [5, 5.41) is 13.2. The van der Waals surface area contributed by atoms with Gasteiger partial charge in [-0.15, -0.1) is 0 Å². The fourth-order valence-electron chi connectivity index (χ4n) is 3.48. The van der Waals surface area contributed by atoms with Crippen LogP contribution in [0.1, 0.15) is 25.8 Å². The van der Waals surface area contributed by atoms with Gasteiger partial charge in [0.2, 0.25) is 17.4 Å². The molecule has 0 spiro atoms. The number of carboxylic acids is 1. The molecule has 1 aromatic rings. The third-order valence-corrected chi connectivity index (χ3v) is 6.26. The van der Waals surface area contributed by atoms with Gasteiger partial charge in [0.05, 0.1) is 18.6 Å². The molecule has 9 nitrogen and oxygen atoms in total. The molecule has 1 rings (SSSR count). The van der Waals surface area contributed by atoms with Crippen LogP contribution in [0.3, 0.4) is 0 Å². The van der Waals surface area contributed by atoms with Crippen molar-refractivity contribution < 1.29 is 24.3 Å². The van der Waals surface area contributed by atoms with Crippen LogP contribution in [0.2, 0.25) is 0 Å². The van der Waals surface area contributed by atoms with Crippen LogP contribution >= 0.6 is 24.4 Å². The number of imide groups is 1. The number of thiol groups is 1. The molecule has 3 atom stereocenters. The summed E-state index contributed by atoms with van der Waals surface area (Å²) < 4.78 is 0. The smallest absolute Gasteiger partial charge is 0.338 e. The number of hydrogen-bond donors (Lipinski definition) is 5. The first-order chi connectivity index (χ1) is 16.0. The van der Waals surface area contributed by atoms with E-state index in [1.807, 2.05) is 19.9 Å². The maximum Gasteiger partial charge on any atom is 0.338 e. The van der Waals surface area contributed by atoms with E-state index < -0.39 is 41.2 Å². The summed E-state index contributed by atoms with van der Waals surface area (Å²) in [5.74, 6) is -4.12. The lowest BCUT2D eigenvalue weighted by Gasteiger charge is -2.40. The lowest BCUT2D eigenvalue weighted by Crippen LogP contribution is -2.70. The first kappa shape index (κ1) is 30.1. The second-order valence-electron chi connectivity index (χ2n) is 8.45. The number of carbonyl (C=O) groups is 4. The number of nitrogens with zero attached hydrogens (tertiary/aromatic N) is 1. The van der Waals surface area contributed by atoms with Gasteiger partial charge < -0.3 is 21.9 Å². The van der Waals surface area contributed by atoms with Crippen LogP contribution in [-0.2, 0) is 25.6 Å². The maximum absolute atomic E-state index is 13.6. The van der Waals surface area contributed by atoms with Gasteiger partial charge in [0.25, 0.3) is 0 Å². The number of rotatable bonds is 15. The van der Waals surface area contributed by atoms with Gasteiger partial charge in [-0.3, -0.25) is 19.3 Å². The van der Waals surface area contributed by atoms with Crippen LogP contribution in [0.25, 0.3) is 0 Å². The van der Waals surface area contributed by atoms with Gasteiger partial charge in [0.1, 0.15) is 0 Å². The first-order valence-electron chi connectivity index (χ1n) is 11.0. The van der Waals surface area contributed by atoms with E-state index in [1.165, 1.54) is 11.8 Å². The Bertz CT molecular complexity index is 840. The summed E-state index contributed by atoms with van der Waals surface area (Å²) in [5.41, 5.74) is 10.3. The molecular weight excluding hydrogens is 476 g/mol. The predicted molar refractivity (Wildman–Crippen MR) is 138 cm³/mol. The largest absolute Gasteiger partial charge is 0.479 e. The predicted octanol–water partition coefficient (Wildman–Crippen LogP) is 0.560. The number of benzene rings is 1. The number of carboxylic acid groups (broad SMARTS) is 1. The number of ketones is 1. The van der Waals surface area contributed by atoms with E-state index in [0.29, 0.717) is 11.4 Å². The fraction of sp³-hybridized carbons (Fsp3) is 0.565. The SMILES string of the molecule is CSCCC(C(=O)O)(C(=O)C(N)CS)N(C(=O)CNCC(C)C)C(=O)C(N)Cc1ccccc1. The van der Waals surface area contributed by atoms with E-state index in [0.717, 1.165) is 5.56 Å². The van der Waals surface area contributed by atoms with Crippen LogP contribution in [0.4, 0.5) is 0 Å². The van der Waals surface area contributed by atoms with Crippen LogP contribution < -0.4 is 16.8 Å². The molecule has 3 unspecified atom stereocenters. The number of hydrogen-bond acceptors (Lipinski definition) is 9. The molecule has 190 valence electrons. The van der Waals surface area contributed by atoms with E-state index in [2.05, 4.69) is 17.9 Å². The molecule has 0 bridgehead atoms. The highest BCUT2D eigenvalue weighted by Crippen LogP contribution is 2.27. The summed E-state index contributed by atoms with van der Waals surface area (Å²) >= 11 is 5.32. The zero-order valence-electron chi connectivity index (χ0n) is 19.9. The monoisotopic (exact) mass is 512 g/mol. The Morgan fingerprint density at radius 3 is 2.26 bits per heavy atom. The number of nitrogens with two attached hydrogens (primary N) is 2. The van der Waals surface area contributed by atoms with Crippen molar-refractivity contribution in [2.24, 2.45) is 17.4 Å². The quantitative estimate of drug-likeness (QED) is 0.167. The highest BCUT2D eigenvalue weighted by molar-refractivity contribution is 7.98. The van der Waals surface area contributed by atoms with Gasteiger partial charge in [-0.1, -0.05) is 44.2 Å². The minimum atomic E-state index is -2.49. The first-order valence-corrected chi connectivity index (χ1v) is 13.1. The number of thioether (sulfide) groups is 1. The lowest BCUT2D eigenvalue weighted by molar-refractivity contribution is -0.171. The van der Waals surface area contributed by atoms with Gasteiger partial charge in [-0.25, -0.2) is 4.79 Å². The zero-order valence-corrected chi connectivity index (χ0v) is 21.6. The molecule has 11 heteroatoms. The molecule has 34 heavy (non-hydrogen) atoms. The molecule has 0 fully saturated rings. The van der Waals surface area contributed by atoms with Crippen molar-refractivity contribution in [3.63, 3.8) is 0 Å². The van der Waals surface area contributed by atoms with E-state index in [1.54, 1.807) is 30.5 Å². The van der Waals surface area contributed by atoms with Crippen molar-refractivity contribution in [1.82, 2.24) is 10.2 Å². The molecule has 0 heterocycles. The Morgan fingerprint density at radius 1 is 1.15 bits per heavy atom. The summed E-state index contributed by atoms with van der Waals surface area (Å²) in [4.78, 5) is 53.6. The van der Waals surface area contributed by atoms with Crippen LogP contribution in [-0.4, -0.2) is 82.0 Å². The van der Waals surface area contributed by atoms with Crippen LogP contribution in [0, 0.1) is 5.92 Å². The van der Waals surface area contributed by atoms with E-state index in [-0.39, 0.29) is 36.8 Å². The molecule has 0 aliphatic heterocycles. The third-order valence-electron chi connectivity index (χ3n) is 5.26. The summed E-state index contributed by atoms with van der Waals surface area (Å²) in [6.45, 7) is 4.00. The maximum atomic E-state index is 13.6. The van der Waals surface area contributed by atoms with E-state index in [4.69, 9.17) is 11.5 Å². The van der Waals surface area contributed by atoms with Crippen LogP contribution in [0.5, 0.6) is 0 Å². The molecule has 0 aromatic heterocycles. The van der Waals surface area contributed by atoms with E-state index in [9.17, 15) is 24.3 Å². The Hall–Kier alpha value is -1.92. The molecular formula is C23H36N4O5S2. The van der Waals surface area contributed by atoms with Gasteiger partial charge in [0, 0.05) is 5.75 Å². The average molecular weight is 513 g/mol. The summed E-state index contributed by atoms with van der Waals surface area (Å²) in [6.07, 6.45) is 1.49. The van der Waals surface area contributed by atoms with Crippen molar-refractivity contribution in [3.05, 3.63) is 35.9 Å². The van der Waals surface area contributed by atoms with E-state index >= 15 is 0 Å². The van der Waals surface area contributed by atoms with Gasteiger partial charge in [0.15, 0.2) is 5.78 Å². The Labute approximate surface area is 210 Å². The molecule has 0 aliphatic carbocycles. The normalized spacial score (nSPS) is 14.8. The molecule has 2 amide bonds. The zero-order chi connectivity index (χ0) is 25.9. The van der Waals surface area contributed by atoms with Crippen molar-refractivity contribution in [2.75, 3.05) is 30.9 Å². The molecule has 0 radical (unpaired) electrons. The van der Waals surface area contributed by atoms with Gasteiger partial charge in [-0.2, -0.15) is 24.4 Å². The van der Waals surface area contributed by atoms with Crippen molar-refractivity contribution in [1.29, 1.82) is 0 Å². The Balaban J connectivity index is 3.54. The number of amides is 2. The minimum Gasteiger partial charge on any atom is -0.479 e. The number of Topliss-reactive ketones (excluding diaryl/α,β-unsaturated/α-hetero) is 1. The van der Waals surface area contributed by atoms with Crippen LogP contribution in [0.15, 0.2) is 30.3 Å². The Morgan fingerprint density at radius 2 is 1.76 bits per heavy atom. The van der Waals surface area contributed by atoms with Crippen molar-refractivity contribution >= 4 is 48.0 Å². The fourth-order valence-corrected chi connectivity index (χ4v) is 4.15. The van der Waals surface area contributed by atoms with Gasteiger partial charge in [-0.05, 0) is 42.9 Å². The third kappa shape index (κ3) is 7.81. The molecule has 6 N–H and O–H groups in total. The minimum absolute atomic E-state index is 0.0634. The molecule has 1 aromatic carbocycles. The standard InChI is InChI=1S/C23H36N4O5S2/c1-15(2)12-26-13-19(28)27(21(30)17(24)11-16-7-5-4-6-8-16)23(22(31)32,9-10-34-3)20(29)18(25)14-33/h4-8,15,17-18,26,33H,9-14,24-25H2,1-3H3,(H,31,32). The highest BCUT2D eigenvalue weighted by Gasteiger charge is 2.56. The van der Waals surface area contributed by atoms with Crippen molar-refractivity contribution in [3.8, 4) is 0 Å². The summed E-state index contributed by atoms with van der Waals surface area (Å²) in [6, 6.07) is 6.36. The highest BCUT2D eigenvalue weighted by atomic mass is 32.2. The summed E-state index contributed by atoms with van der Waals surface area (Å²) in [7, 11) is 0. The number of aliphatic carboxylic acids is 1. The Kier molecular flexibility index (Phi) is 12.8. The molecule has 0 saturated heterocycles. The lowest BCUT2D eigenvalue weighted by atomic mass is 9.84. The average Bonchev–Trinajstić information content (AvgIpc) is 2.80. The topological polar surface area (TPSA) is 156 Å². The second-order valence-corrected chi connectivity index (χ2v) is 9.80. The number of nitrogens with one attached hydrogen (secondary N) is 1. The molecule has 0 saturated carbocycles. The van der Waals surface area contributed by atoms with Gasteiger partial charge >= 0.3 is 5.97 Å².